The van der Waals surface area contributed by atoms with E-state index in [1.54, 1.807) is 20.4 Å². The van der Waals surface area contributed by atoms with E-state index in [4.69, 9.17) is 14.5 Å². The molecule has 0 radical (unpaired) electrons. The summed E-state index contributed by atoms with van der Waals surface area (Å²) in [4.78, 5) is 4.73. The molecular formula is C39H32N2O4. The number of aliphatic hydroxyl groups is 2. The van der Waals surface area contributed by atoms with Crippen LogP contribution in [0, 0.1) is 0 Å². The molecule has 0 amide bonds. The molecule has 5 aromatic carbocycles. The second-order valence-corrected chi connectivity index (χ2v) is 11.0. The van der Waals surface area contributed by atoms with Crippen molar-refractivity contribution in [3.63, 3.8) is 0 Å². The number of hydrogen-bond acceptors (Lipinski definition) is 5. The smallest absolute Gasteiger partial charge is 0.168 e. The molecule has 0 bridgehead atoms. The maximum Gasteiger partial charge on any atom is 0.168 e. The van der Waals surface area contributed by atoms with E-state index >= 15 is 0 Å². The zero-order valence-corrected chi connectivity index (χ0v) is 25.1. The highest BCUT2D eigenvalue weighted by Gasteiger charge is 2.20. The Kier molecular flexibility index (Phi) is 7.51. The minimum absolute atomic E-state index is 0.157. The molecular weight excluding hydrogens is 560 g/mol. The maximum absolute atomic E-state index is 10.0. The molecule has 0 aliphatic heterocycles. The molecule has 7 aromatic rings. The Morgan fingerprint density at radius 1 is 0.600 bits per heavy atom. The van der Waals surface area contributed by atoms with Crippen molar-refractivity contribution in [3.05, 3.63) is 133 Å². The van der Waals surface area contributed by atoms with Gasteiger partial charge in [-0.3, -0.25) is 4.40 Å². The fourth-order valence-electron chi connectivity index (χ4n) is 6.16. The Morgan fingerprint density at radius 2 is 1.20 bits per heavy atom. The number of fused-ring (bicyclic) bond motifs is 3. The van der Waals surface area contributed by atoms with Crippen LogP contribution in [0.25, 0.3) is 61.1 Å². The Balaban J connectivity index is 1.50. The van der Waals surface area contributed by atoms with E-state index in [2.05, 4.69) is 78.9 Å². The lowest BCUT2D eigenvalue weighted by molar-refractivity contribution is 0.260. The van der Waals surface area contributed by atoms with Crippen LogP contribution in [0.4, 0.5) is 0 Å². The molecule has 45 heavy (non-hydrogen) atoms. The van der Waals surface area contributed by atoms with Gasteiger partial charge in [-0.1, -0.05) is 60.7 Å². The minimum Gasteiger partial charge on any atom is -0.493 e. The summed E-state index contributed by atoms with van der Waals surface area (Å²) in [6.45, 7) is -0.318. The van der Waals surface area contributed by atoms with Crippen molar-refractivity contribution in [2.24, 2.45) is 0 Å². The van der Waals surface area contributed by atoms with E-state index in [0.29, 0.717) is 22.6 Å². The first-order chi connectivity index (χ1) is 22.1. The molecule has 0 fully saturated rings. The van der Waals surface area contributed by atoms with Gasteiger partial charge < -0.3 is 19.7 Å². The number of aliphatic hydroxyl groups excluding tert-OH is 2. The second kappa shape index (κ2) is 11.9. The lowest BCUT2D eigenvalue weighted by atomic mass is 9.91. The highest BCUT2D eigenvalue weighted by atomic mass is 16.5. The summed E-state index contributed by atoms with van der Waals surface area (Å²) < 4.78 is 13.9. The highest BCUT2D eigenvalue weighted by molar-refractivity contribution is 5.95. The van der Waals surface area contributed by atoms with E-state index in [0.717, 1.165) is 61.1 Å². The Labute approximate surface area is 261 Å². The number of rotatable bonds is 8. The van der Waals surface area contributed by atoms with Crippen molar-refractivity contribution in [1.82, 2.24) is 9.38 Å². The molecule has 2 N–H and O–H groups in total. The van der Waals surface area contributed by atoms with Gasteiger partial charge in [0.1, 0.15) is 5.65 Å². The molecule has 0 atom stereocenters. The van der Waals surface area contributed by atoms with Crippen LogP contribution >= 0.6 is 0 Å². The first-order valence-corrected chi connectivity index (χ1v) is 14.8. The quantitative estimate of drug-likeness (QED) is 0.186. The number of methoxy groups -OCH3 is 2. The van der Waals surface area contributed by atoms with Gasteiger partial charge in [0.25, 0.3) is 0 Å². The van der Waals surface area contributed by atoms with Gasteiger partial charge in [0.15, 0.2) is 11.5 Å². The topological polar surface area (TPSA) is 76.2 Å². The Morgan fingerprint density at radius 3 is 1.80 bits per heavy atom. The van der Waals surface area contributed by atoms with Gasteiger partial charge in [-0.25, -0.2) is 4.98 Å². The van der Waals surface area contributed by atoms with Crippen molar-refractivity contribution >= 4 is 16.6 Å². The predicted octanol–water partition coefficient (Wildman–Crippen LogP) is 8.16. The van der Waals surface area contributed by atoms with Crippen molar-refractivity contribution in [2.45, 2.75) is 13.2 Å². The molecule has 222 valence electrons. The first-order valence-electron chi connectivity index (χ1n) is 14.8. The van der Waals surface area contributed by atoms with Crippen LogP contribution in [0.15, 0.2) is 122 Å². The number of aromatic nitrogens is 2. The van der Waals surface area contributed by atoms with Crippen LogP contribution in [0.2, 0.25) is 0 Å². The summed E-state index contributed by atoms with van der Waals surface area (Å²) in [5.74, 6) is 1.24. The fourth-order valence-corrected chi connectivity index (χ4v) is 6.16. The molecule has 0 aliphatic rings. The third kappa shape index (κ3) is 5.10. The average molecular weight is 593 g/mol. The second-order valence-electron chi connectivity index (χ2n) is 11.0. The molecule has 2 heterocycles. The Bertz CT molecular complexity index is 2100. The van der Waals surface area contributed by atoms with Crippen LogP contribution in [-0.4, -0.2) is 33.8 Å². The third-order valence-electron chi connectivity index (χ3n) is 8.38. The monoisotopic (exact) mass is 592 g/mol. The van der Waals surface area contributed by atoms with Crippen molar-refractivity contribution in [1.29, 1.82) is 0 Å². The minimum atomic E-state index is -0.162. The molecule has 0 spiro atoms. The van der Waals surface area contributed by atoms with Gasteiger partial charge in [-0.15, -0.1) is 0 Å². The van der Waals surface area contributed by atoms with E-state index in [9.17, 15) is 10.2 Å². The van der Waals surface area contributed by atoms with Gasteiger partial charge in [-0.2, -0.15) is 0 Å². The number of pyridine rings is 1. The fraction of sp³-hybridized carbons (Fsp3) is 0.103. The van der Waals surface area contributed by atoms with Crippen molar-refractivity contribution in [2.75, 3.05) is 14.2 Å². The highest BCUT2D eigenvalue weighted by Crippen LogP contribution is 2.45. The number of nitrogens with zero attached hydrogens (tertiary/aromatic N) is 2. The predicted molar refractivity (Wildman–Crippen MR) is 179 cm³/mol. The van der Waals surface area contributed by atoms with Crippen LogP contribution in [0.5, 0.6) is 11.5 Å². The zero-order valence-electron chi connectivity index (χ0n) is 25.1. The Hall–Kier alpha value is -5.43. The zero-order chi connectivity index (χ0) is 30.9. The summed E-state index contributed by atoms with van der Waals surface area (Å²) in [5, 5.41) is 20.9. The number of ether oxygens (including phenoxy) is 2. The number of benzene rings is 5. The summed E-state index contributed by atoms with van der Waals surface area (Å²) in [5.41, 5.74) is 11.2. The summed E-state index contributed by atoms with van der Waals surface area (Å²) in [6, 6.07) is 37.4. The van der Waals surface area contributed by atoms with Crippen LogP contribution in [0.1, 0.15) is 11.1 Å². The van der Waals surface area contributed by atoms with Gasteiger partial charge >= 0.3 is 0 Å². The molecule has 2 aromatic heterocycles. The average Bonchev–Trinajstić information content (AvgIpc) is 3.61. The van der Waals surface area contributed by atoms with Gasteiger partial charge in [-0.05, 0) is 98.4 Å². The molecule has 6 nitrogen and oxygen atoms in total. The molecule has 7 rings (SSSR count). The number of hydrogen-bond donors (Lipinski definition) is 2. The van der Waals surface area contributed by atoms with E-state index in [-0.39, 0.29) is 13.2 Å². The summed E-state index contributed by atoms with van der Waals surface area (Å²) >= 11 is 0. The molecule has 0 aliphatic carbocycles. The normalized spacial score (nSPS) is 11.3. The van der Waals surface area contributed by atoms with E-state index in [1.165, 1.54) is 0 Å². The SMILES string of the molecule is COc1cc(-c2cc3cc(CO)c(CO)cc3n3ccnc23)cc(-c2cc(-c3ccccc3)cc(-c3ccccc3)c2)c1OC. The lowest BCUT2D eigenvalue weighted by Gasteiger charge is -2.18. The van der Waals surface area contributed by atoms with Crippen molar-refractivity contribution in [3.8, 4) is 56.0 Å². The molecule has 0 unspecified atom stereocenters. The molecule has 0 saturated heterocycles. The largest absolute Gasteiger partial charge is 0.493 e. The van der Waals surface area contributed by atoms with Crippen LogP contribution in [-0.2, 0) is 13.2 Å². The lowest BCUT2D eigenvalue weighted by Crippen LogP contribution is -1.99. The van der Waals surface area contributed by atoms with Gasteiger partial charge in [0.05, 0.1) is 33.0 Å². The van der Waals surface area contributed by atoms with Crippen LogP contribution in [0.3, 0.4) is 0 Å². The summed E-state index contributed by atoms with van der Waals surface area (Å²) in [7, 11) is 3.31. The molecule has 6 heteroatoms. The van der Waals surface area contributed by atoms with Gasteiger partial charge in [0, 0.05) is 23.5 Å². The first kappa shape index (κ1) is 28.3. The number of imidazole rings is 1. The van der Waals surface area contributed by atoms with E-state index < -0.39 is 0 Å². The van der Waals surface area contributed by atoms with Gasteiger partial charge in [0.2, 0.25) is 0 Å². The molecule has 0 saturated carbocycles. The maximum atomic E-state index is 10.0. The van der Waals surface area contributed by atoms with E-state index in [1.807, 2.05) is 40.9 Å². The van der Waals surface area contributed by atoms with Crippen LogP contribution < -0.4 is 9.47 Å². The summed E-state index contributed by atoms with van der Waals surface area (Å²) in [6.07, 6.45) is 3.69. The standard InChI is InChI=1S/C39H32N2O4/c1-44-37-22-30(35-20-31-18-32(23-42)33(24-43)21-36(31)41-14-13-40-39(35)41)19-34(38(37)45-2)29-16-27(25-9-5-3-6-10-25)15-28(17-29)26-11-7-4-8-12-26/h3-22,42-43H,23-24H2,1-2H3. The third-order valence-corrected chi connectivity index (χ3v) is 8.38. The van der Waals surface area contributed by atoms with Crippen molar-refractivity contribution < 1.29 is 19.7 Å².